The normalized spacial score (nSPS) is 12.3. The Morgan fingerprint density at radius 2 is 1.41 bits per heavy atom. The standard InChI is InChI=1S/C26H30N2O3S/c1-16-7-11-23(19(4)13-16)21(6)27-26(29)22-10-9-18(3)25(15-22)32(30,31)28-24-12-8-17(2)14-20(24)5/h7-15,21,28H,1-6H3,(H,27,29)/t21-/m0/s1. The Morgan fingerprint density at radius 1 is 0.781 bits per heavy atom. The van der Waals surface area contributed by atoms with Crippen molar-refractivity contribution in [2.75, 3.05) is 4.72 Å². The molecule has 32 heavy (non-hydrogen) atoms. The molecule has 6 heteroatoms. The highest BCUT2D eigenvalue weighted by Crippen LogP contribution is 2.24. The number of carbonyl (C=O) groups is 1. The Labute approximate surface area is 190 Å². The zero-order valence-electron chi connectivity index (χ0n) is 19.4. The first-order chi connectivity index (χ1) is 15.0. The predicted molar refractivity (Wildman–Crippen MR) is 130 cm³/mol. The van der Waals surface area contributed by atoms with Crippen LogP contribution in [0.1, 0.15) is 56.7 Å². The number of aryl methyl sites for hydroxylation is 5. The van der Waals surface area contributed by atoms with Crippen LogP contribution in [0.15, 0.2) is 59.5 Å². The second-order valence-corrected chi connectivity index (χ2v) is 10.1. The summed E-state index contributed by atoms with van der Waals surface area (Å²) in [4.78, 5) is 13.0. The number of anilines is 1. The first kappa shape index (κ1) is 23.5. The average Bonchev–Trinajstić information content (AvgIpc) is 2.70. The Balaban J connectivity index is 1.86. The molecule has 1 amide bonds. The lowest BCUT2D eigenvalue weighted by molar-refractivity contribution is 0.0939. The molecule has 0 aromatic heterocycles. The van der Waals surface area contributed by atoms with Crippen molar-refractivity contribution in [1.82, 2.24) is 5.32 Å². The molecule has 5 nitrogen and oxygen atoms in total. The zero-order valence-corrected chi connectivity index (χ0v) is 20.2. The third kappa shape index (κ3) is 5.19. The van der Waals surface area contributed by atoms with Crippen molar-refractivity contribution in [2.45, 2.75) is 52.5 Å². The van der Waals surface area contributed by atoms with Crippen molar-refractivity contribution in [3.05, 3.63) is 93.5 Å². The van der Waals surface area contributed by atoms with Gasteiger partial charge in [-0.05, 0) is 82.0 Å². The molecule has 0 aliphatic heterocycles. The van der Waals surface area contributed by atoms with E-state index in [0.29, 0.717) is 16.8 Å². The van der Waals surface area contributed by atoms with Gasteiger partial charge in [0, 0.05) is 5.56 Å². The molecule has 0 unspecified atom stereocenters. The molecule has 3 rings (SSSR count). The van der Waals surface area contributed by atoms with Gasteiger partial charge in [0.2, 0.25) is 0 Å². The fourth-order valence-electron chi connectivity index (χ4n) is 3.83. The lowest BCUT2D eigenvalue weighted by atomic mass is 10.00. The number of rotatable bonds is 6. The molecule has 0 spiro atoms. The van der Waals surface area contributed by atoms with Crippen LogP contribution >= 0.6 is 0 Å². The summed E-state index contributed by atoms with van der Waals surface area (Å²) in [5.74, 6) is -0.319. The molecular formula is C26H30N2O3S. The molecule has 1 atom stereocenters. The van der Waals surface area contributed by atoms with Crippen LogP contribution in [0.3, 0.4) is 0 Å². The summed E-state index contributed by atoms with van der Waals surface area (Å²) < 4.78 is 28.9. The van der Waals surface area contributed by atoms with Crippen LogP contribution in [-0.2, 0) is 10.0 Å². The lowest BCUT2D eigenvalue weighted by Crippen LogP contribution is -2.27. The summed E-state index contributed by atoms with van der Waals surface area (Å²) in [6.07, 6.45) is 0. The van der Waals surface area contributed by atoms with E-state index in [0.717, 1.165) is 27.8 Å². The second kappa shape index (κ2) is 9.17. The molecule has 0 aliphatic rings. The van der Waals surface area contributed by atoms with E-state index < -0.39 is 10.0 Å². The Kier molecular flexibility index (Phi) is 6.74. The summed E-state index contributed by atoms with van der Waals surface area (Å²) in [7, 11) is -3.86. The van der Waals surface area contributed by atoms with E-state index in [9.17, 15) is 13.2 Å². The van der Waals surface area contributed by atoms with Gasteiger partial charge >= 0.3 is 0 Å². The Hall–Kier alpha value is -3.12. The van der Waals surface area contributed by atoms with Gasteiger partial charge in [0.15, 0.2) is 0 Å². The van der Waals surface area contributed by atoms with E-state index in [4.69, 9.17) is 0 Å². The summed E-state index contributed by atoms with van der Waals surface area (Å²) in [5, 5.41) is 2.98. The van der Waals surface area contributed by atoms with Gasteiger partial charge in [-0.25, -0.2) is 8.42 Å². The number of nitrogens with one attached hydrogen (secondary N) is 2. The van der Waals surface area contributed by atoms with Crippen LogP contribution in [0.5, 0.6) is 0 Å². The molecule has 0 aliphatic carbocycles. The SMILES string of the molecule is Cc1ccc(NS(=O)(=O)c2cc(C(=O)N[C@@H](C)c3ccc(C)cc3C)ccc2C)c(C)c1. The van der Waals surface area contributed by atoms with Crippen LogP contribution in [0.25, 0.3) is 0 Å². The summed E-state index contributed by atoms with van der Waals surface area (Å²) in [6.45, 7) is 11.5. The van der Waals surface area contributed by atoms with Gasteiger partial charge in [0.25, 0.3) is 15.9 Å². The van der Waals surface area contributed by atoms with Crippen LogP contribution < -0.4 is 10.0 Å². The maximum atomic E-state index is 13.1. The van der Waals surface area contributed by atoms with E-state index in [1.165, 1.54) is 6.07 Å². The highest BCUT2D eigenvalue weighted by Gasteiger charge is 2.21. The number of amides is 1. The first-order valence-corrected chi connectivity index (χ1v) is 12.0. The number of carbonyl (C=O) groups excluding carboxylic acids is 1. The molecule has 168 valence electrons. The van der Waals surface area contributed by atoms with Gasteiger partial charge in [0.05, 0.1) is 16.6 Å². The monoisotopic (exact) mass is 450 g/mol. The average molecular weight is 451 g/mol. The molecule has 0 saturated carbocycles. The molecule has 0 radical (unpaired) electrons. The molecule has 0 bridgehead atoms. The van der Waals surface area contributed by atoms with Crippen LogP contribution in [0.4, 0.5) is 5.69 Å². The smallest absolute Gasteiger partial charge is 0.262 e. The highest BCUT2D eigenvalue weighted by atomic mass is 32.2. The Bertz CT molecular complexity index is 1280. The quantitative estimate of drug-likeness (QED) is 0.519. The topological polar surface area (TPSA) is 75.3 Å². The molecule has 2 N–H and O–H groups in total. The largest absolute Gasteiger partial charge is 0.346 e. The summed E-state index contributed by atoms with van der Waals surface area (Å²) in [6, 6.07) is 16.2. The fraction of sp³-hybridized carbons (Fsp3) is 0.269. The van der Waals surface area contributed by atoms with Gasteiger partial charge in [-0.2, -0.15) is 0 Å². The van der Waals surface area contributed by atoms with Crippen molar-refractivity contribution in [1.29, 1.82) is 0 Å². The predicted octanol–water partition coefficient (Wildman–Crippen LogP) is 5.52. The van der Waals surface area contributed by atoms with Gasteiger partial charge in [0.1, 0.15) is 0 Å². The third-order valence-corrected chi connectivity index (χ3v) is 7.11. The van der Waals surface area contributed by atoms with Crippen molar-refractivity contribution >= 4 is 21.6 Å². The molecular weight excluding hydrogens is 420 g/mol. The van der Waals surface area contributed by atoms with Crippen molar-refractivity contribution in [3.63, 3.8) is 0 Å². The number of benzene rings is 3. The minimum absolute atomic E-state index is 0.0873. The van der Waals surface area contributed by atoms with E-state index in [1.54, 1.807) is 25.1 Å². The first-order valence-electron chi connectivity index (χ1n) is 10.6. The van der Waals surface area contributed by atoms with E-state index >= 15 is 0 Å². The Morgan fingerprint density at radius 3 is 2.03 bits per heavy atom. The van der Waals surface area contributed by atoms with Crippen LogP contribution in [-0.4, -0.2) is 14.3 Å². The van der Waals surface area contributed by atoms with Crippen molar-refractivity contribution in [3.8, 4) is 0 Å². The summed E-state index contributed by atoms with van der Waals surface area (Å²) >= 11 is 0. The van der Waals surface area contributed by atoms with E-state index in [-0.39, 0.29) is 16.8 Å². The second-order valence-electron chi connectivity index (χ2n) is 8.46. The highest BCUT2D eigenvalue weighted by molar-refractivity contribution is 7.92. The zero-order chi connectivity index (χ0) is 23.6. The molecule has 0 saturated heterocycles. The van der Waals surface area contributed by atoms with Crippen LogP contribution in [0.2, 0.25) is 0 Å². The third-order valence-electron chi connectivity index (χ3n) is 5.61. The van der Waals surface area contributed by atoms with Gasteiger partial charge < -0.3 is 5.32 Å². The molecule has 3 aromatic rings. The number of hydrogen-bond donors (Lipinski definition) is 2. The van der Waals surface area contributed by atoms with Crippen molar-refractivity contribution in [2.24, 2.45) is 0 Å². The fourth-order valence-corrected chi connectivity index (χ4v) is 5.23. The number of sulfonamides is 1. The van der Waals surface area contributed by atoms with E-state index in [1.807, 2.05) is 58.9 Å². The molecule has 3 aromatic carbocycles. The maximum absolute atomic E-state index is 13.1. The minimum atomic E-state index is -3.86. The lowest BCUT2D eigenvalue weighted by Gasteiger charge is -2.18. The molecule has 0 heterocycles. The molecule has 0 fully saturated rings. The van der Waals surface area contributed by atoms with Crippen LogP contribution in [0, 0.1) is 34.6 Å². The van der Waals surface area contributed by atoms with Gasteiger partial charge in [-0.3, -0.25) is 9.52 Å². The number of hydrogen-bond acceptors (Lipinski definition) is 3. The maximum Gasteiger partial charge on any atom is 0.262 e. The van der Waals surface area contributed by atoms with Crippen molar-refractivity contribution < 1.29 is 13.2 Å². The van der Waals surface area contributed by atoms with Gasteiger partial charge in [-0.1, -0.05) is 47.5 Å². The van der Waals surface area contributed by atoms with Gasteiger partial charge in [-0.15, -0.1) is 0 Å². The minimum Gasteiger partial charge on any atom is -0.346 e. The summed E-state index contributed by atoms with van der Waals surface area (Å²) in [5.41, 5.74) is 6.57. The van der Waals surface area contributed by atoms with E-state index in [2.05, 4.69) is 16.1 Å².